The standard InChI is InChI=1S/C23H27N5S2/c1-3-19-20(12-24)22(28-10-8-18(26)9-11-28)27-23(21(19)13-25)30-15-17-6-4-16(5-7-17)14-29-2/h4-7,18H,3,8-11,14-15,26H2,1-2H3. The Hall–Kier alpha value is -2.19. The first kappa shape index (κ1) is 22.5. The molecule has 1 aliphatic rings. The van der Waals surface area contributed by atoms with Crippen molar-refractivity contribution in [3.8, 4) is 12.1 Å². The van der Waals surface area contributed by atoms with Crippen LogP contribution < -0.4 is 10.6 Å². The highest BCUT2D eigenvalue weighted by Gasteiger charge is 2.25. The van der Waals surface area contributed by atoms with Gasteiger partial charge in [-0.1, -0.05) is 31.2 Å². The first-order valence-electron chi connectivity index (χ1n) is 10.2. The van der Waals surface area contributed by atoms with Crippen LogP contribution in [0.2, 0.25) is 0 Å². The summed E-state index contributed by atoms with van der Waals surface area (Å²) in [6, 6.07) is 13.4. The van der Waals surface area contributed by atoms with E-state index in [0.29, 0.717) is 28.4 Å². The highest BCUT2D eigenvalue weighted by atomic mass is 32.2. The SMILES string of the molecule is CCc1c(C#N)c(SCc2ccc(CSC)cc2)nc(N2CCC(N)CC2)c1C#N. The van der Waals surface area contributed by atoms with Crippen LogP contribution >= 0.6 is 23.5 Å². The molecule has 30 heavy (non-hydrogen) atoms. The minimum atomic E-state index is 0.207. The summed E-state index contributed by atoms with van der Waals surface area (Å²) in [5.74, 6) is 2.45. The Balaban J connectivity index is 1.91. The lowest BCUT2D eigenvalue weighted by Gasteiger charge is -2.32. The Bertz CT molecular complexity index is 952. The van der Waals surface area contributed by atoms with E-state index in [1.807, 2.05) is 18.7 Å². The summed E-state index contributed by atoms with van der Waals surface area (Å²) in [6.07, 6.45) is 4.51. The third-order valence-electron chi connectivity index (χ3n) is 5.37. The van der Waals surface area contributed by atoms with Crippen LogP contribution in [0, 0.1) is 22.7 Å². The molecule has 156 valence electrons. The van der Waals surface area contributed by atoms with Gasteiger partial charge >= 0.3 is 0 Å². The summed E-state index contributed by atoms with van der Waals surface area (Å²) in [7, 11) is 0. The molecule has 2 aromatic rings. The average molecular weight is 438 g/mol. The van der Waals surface area contributed by atoms with Gasteiger partial charge in [0.05, 0.1) is 11.1 Å². The van der Waals surface area contributed by atoms with E-state index >= 15 is 0 Å². The van der Waals surface area contributed by atoms with Crippen molar-refractivity contribution in [1.29, 1.82) is 10.5 Å². The number of nitrogens with two attached hydrogens (primary N) is 1. The van der Waals surface area contributed by atoms with E-state index in [9.17, 15) is 10.5 Å². The maximum atomic E-state index is 9.84. The number of hydrogen-bond donors (Lipinski definition) is 1. The fourth-order valence-corrected chi connectivity index (χ4v) is 5.16. The molecule has 0 spiro atoms. The number of benzene rings is 1. The van der Waals surface area contributed by atoms with Crippen LogP contribution in [-0.4, -0.2) is 30.4 Å². The molecule has 1 aliphatic heterocycles. The monoisotopic (exact) mass is 437 g/mol. The average Bonchev–Trinajstić information content (AvgIpc) is 2.78. The normalized spacial score (nSPS) is 14.4. The summed E-state index contributed by atoms with van der Waals surface area (Å²) in [5.41, 5.74) is 10.4. The maximum Gasteiger partial charge on any atom is 0.148 e. The van der Waals surface area contributed by atoms with Gasteiger partial charge in [-0.2, -0.15) is 22.3 Å². The van der Waals surface area contributed by atoms with Crippen LogP contribution in [0.3, 0.4) is 0 Å². The minimum Gasteiger partial charge on any atom is -0.355 e. The highest BCUT2D eigenvalue weighted by Crippen LogP contribution is 2.34. The number of thioether (sulfide) groups is 2. The lowest BCUT2D eigenvalue weighted by atomic mass is 10.00. The van der Waals surface area contributed by atoms with Crippen LogP contribution in [-0.2, 0) is 17.9 Å². The Morgan fingerprint density at radius 3 is 2.20 bits per heavy atom. The summed E-state index contributed by atoms with van der Waals surface area (Å²) < 4.78 is 0. The molecule has 1 aromatic carbocycles. The molecular weight excluding hydrogens is 410 g/mol. The number of anilines is 1. The summed E-state index contributed by atoms with van der Waals surface area (Å²) in [5, 5.41) is 20.4. The lowest BCUT2D eigenvalue weighted by molar-refractivity contribution is 0.497. The third kappa shape index (κ3) is 5.10. The van der Waals surface area contributed by atoms with Crippen molar-refractivity contribution in [2.75, 3.05) is 24.2 Å². The van der Waals surface area contributed by atoms with Gasteiger partial charge in [0, 0.05) is 30.6 Å². The molecule has 0 aliphatic carbocycles. The molecule has 2 N–H and O–H groups in total. The van der Waals surface area contributed by atoms with Crippen molar-refractivity contribution >= 4 is 29.3 Å². The zero-order valence-electron chi connectivity index (χ0n) is 17.5. The number of aromatic nitrogens is 1. The van der Waals surface area contributed by atoms with Crippen LogP contribution in [0.1, 0.15) is 47.6 Å². The van der Waals surface area contributed by atoms with Crippen molar-refractivity contribution in [2.45, 2.75) is 48.8 Å². The smallest absolute Gasteiger partial charge is 0.148 e. The van der Waals surface area contributed by atoms with Gasteiger partial charge in [0.15, 0.2) is 0 Å². The van der Waals surface area contributed by atoms with Gasteiger partial charge < -0.3 is 10.6 Å². The highest BCUT2D eigenvalue weighted by molar-refractivity contribution is 7.98. The topological polar surface area (TPSA) is 89.7 Å². The first-order valence-corrected chi connectivity index (χ1v) is 12.6. The van der Waals surface area contributed by atoms with Crippen molar-refractivity contribution in [2.24, 2.45) is 5.73 Å². The van der Waals surface area contributed by atoms with Crippen molar-refractivity contribution in [1.82, 2.24) is 4.98 Å². The molecule has 5 nitrogen and oxygen atoms in total. The molecule has 0 atom stereocenters. The first-order chi connectivity index (χ1) is 14.6. The van der Waals surface area contributed by atoms with Gasteiger partial charge in [-0.25, -0.2) is 4.98 Å². The Morgan fingerprint density at radius 1 is 1.07 bits per heavy atom. The molecule has 0 unspecified atom stereocenters. The molecule has 2 heterocycles. The zero-order valence-corrected chi connectivity index (χ0v) is 19.2. The molecule has 0 amide bonds. The van der Waals surface area contributed by atoms with E-state index in [1.54, 1.807) is 11.8 Å². The van der Waals surface area contributed by atoms with Gasteiger partial charge in [0.25, 0.3) is 0 Å². The van der Waals surface area contributed by atoms with E-state index in [4.69, 9.17) is 10.7 Å². The van der Waals surface area contributed by atoms with E-state index < -0.39 is 0 Å². The Kier molecular flexibility index (Phi) is 8.04. The molecule has 0 radical (unpaired) electrons. The molecule has 0 saturated carbocycles. The van der Waals surface area contributed by atoms with Gasteiger partial charge in [-0.15, -0.1) is 11.8 Å². The number of pyridine rings is 1. The predicted octanol–water partition coefficient (Wildman–Crippen LogP) is 4.47. The molecular formula is C23H27N5S2. The third-order valence-corrected chi connectivity index (χ3v) is 7.04. The fraction of sp³-hybridized carbons (Fsp3) is 0.435. The van der Waals surface area contributed by atoms with Crippen molar-refractivity contribution in [3.63, 3.8) is 0 Å². The van der Waals surface area contributed by atoms with E-state index in [0.717, 1.165) is 43.0 Å². The number of nitriles is 2. The number of rotatable bonds is 7. The van der Waals surface area contributed by atoms with E-state index in [1.165, 1.54) is 11.1 Å². The van der Waals surface area contributed by atoms with Crippen LogP contribution in [0.4, 0.5) is 5.82 Å². The second-order valence-electron chi connectivity index (χ2n) is 7.41. The molecule has 0 bridgehead atoms. The summed E-state index contributed by atoms with van der Waals surface area (Å²) in [6.45, 7) is 3.57. The van der Waals surface area contributed by atoms with Gasteiger partial charge in [-0.05, 0) is 42.2 Å². The second kappa shape index (κ2) is 10.7. The zero-order chi connectivity index (χ0) is 21.5. The number of piperidine rings is 1. The fourth-order valence-electron chi connectivity index (χ4n) is 3.68. The van der Waals surface area contributed by atoms with E-state index in [2.05, 4.69) is 47.6 Å². The van der Waals surface area contributed by atoms with Crippen molar-refractivity contribution in [3.05, 3.63) is 52.1 Å². The summed E-state index contributed by atoms with van der Waals surface area (Å²) in [4.78, 5) is 6.99. The lowest BCUT2D eigenvalue weighted by Crippen LogP contribution is -2.40. The molecule has 1 saturated heterocycles. The molecule has 1 aromatic heterocycles. The molecule has 1 fully saturated rings. The van der Waals surface area contributed by atoms with Gasteiger partial charge in [0.1, 0.15) is 23.0 Å². The number of hydrogen-bond acceptors (Lipinski definition) is 7. The minimum absolute atomic E-state index is 0.207. The van der Waals surface area contributed by atoms with Gasteiger partial charge in [-0.3, -0.25) is 0 Å². The van der Waals surface area contributed by atoms with Crippen molar-refractivity contribution < 1.29 is 0 Å². The summed E-state index contributed by atoms with van der Waals surface area (Å²) >= 11 is 3.38. The second-order valence-corrected chi connectivity index (χ2v) is 9.24. The number of nitrogens with zero attached hydrogens (tertiary/aromatic N) is 4. The Labute approximate surface area is 187 Å². The molecule has 3 rings (SSSR count). The predicted molar refractivity (Wildman–Crippen MR) is 126 cm³/mol. The van der Waals surface area contributed by atoms with Crippen LogP contribution in [0.15, 0.2) is 29.3 Å². The van der Waals surface area contributed by atoms with E-state index in [-0.39, 0.29) is 6.04 Å². The van der Waals surface area contributed by atoms with Crippen LogP contribution in [0.5, 0.6) is 0 Å². The maximum absolute atomic E-state index is 9.84. The molecule has 7 heteroatoms. The quantitative estimate of drug-likeness (QED) is 0.639. The van der Waals surface area contributed by atoms with Gasteiger partial charge in [0.2, 0.25) is 0 Å². The largest absolute Gasteiger partial charge is 0.355 e. The van der Waals surface area contributed by atoms with Crippen LogP contribution in [0.25, 0.3) is 0 Å². The Morgan fingerprint density at radius 2 is 1.67 bits per heavy atom.